The molecule has 10 heteroatoms. The third kappa shape index (κ3) is 6.24. The van der Waals surface area contributed by atoms with E-state index in [0.29, 0.717) is 12.3 Å². The van der Waals surface area contributed by atoms with Crippen LogP contribution in [0, 0.1) is 5.92 Å². The summed E-state index contributed by atoms with van der Waals surface area (Å²) in [5.41, 5.74) is 1.33. The van der Waals surface area contributed by atoms with Crippen molar-refractivity contribution in [1.29, 1.82) is 0 Å². The average Bonchev–Trinajstić information content (AvgIpc) is 3.35. The van der Waals surface area contributed by atoms with E-state index in [4.69, 9.17) is 9.84 Å². The predicted octanol–water partition coefficient (Wildman–Crippen LogP) is 6.51. The molecule has 1 aromatic heterocycles. The summed E-state index contributed by atoms with van der Waals surface area (Å²) in [4.78, 5) is 24.2. The number of hydrogen-bond acceptors (Lipinski definition) is 4. The molecule has 7 nitrogen and oxygen atoms in total. The van der Waals surface area contributed by atoms with Crippen molar-refractivity contribution in [2.24, 2.45) is 5.92 Å². The standard InChI is InChI=1S/C26H27F3N4O3/c1-2-36-24(34)18-8-12-22(13-9-18)33-15-14-23(32-33)17-6-10-20(11-7-17)30-25(35)31-21-5-3-4-19(16-21)26(27,28)29/h3-7,10-11,14-16,18,22H,2,8-9,12-13H2,1H3,(H2,30,31,35). The summed E-state index contributed by atoms with van der Waals surface area (Å²) in [7, 11) is 0. The molecule has 1 heterocycles. The number of anilines is 2. The van der Waals surface area contributed by atoms with Crippen LogP contribution in [0.15, 0.2) is 60.8 Å². The fourth-order valence-electron chi connectivity index (χ4n) is 4.32. The molecule has 1 aliphatic rings. The molecule has 3 aromatic rings. The van der Waals surface area contributed by atoms with Crippen molar-refractivity contribution in [1.82, 2.24) is 9.78 Å². The molecule has 0 saturated heterocycles. The lowest BCUT2D eigenvalue weighted by Gasteiger charge is -2.27. The van der Waals surface area contributed by atoms with E-state index in [1.165, 1.54) is 12.1 Å². The van der Waals surface area contributed by atoms with Gasteiger partial charge in [-0.15, -0.1) is 0 Å². The molecule has 36 heavy (non-hydrogen) atoms. The number of benzene rings is 2. The third-order valence-corrected chi connectivity index (χ3v) is 6.19. The van der Waals surface area contributed by atoms with Crippen molar-refractivity contribution in [2.75, 3.05) is 17.2 Å². The monoisotopic (exact) mass is 500 g/mol. The van der Waals surface area contributed by atoms with Crippen LogP contribution < -0.4 is 10.6 Å². The van der Waals surface area contributed by atoms with E-state index in [1.54, 1.807) is 12.1 Å². The van der Waals surface area contributed by atoms with Crippen molar-refractivity contribution >= 4 is 23.4 Å². The number of esters is 1. The SMILES string of the molecule is CCOC(=O)C1CCC(n2ccc(-c3ccc(NC(=O)Nc4cccc(C(F)(F)F)c4)cc3)n2)CC1. The maximum Gasteiger partial charge on any atom is 0.416 e. The number of alkyl halides is 3. The minimum Gasteiger partial charge on any atom is -0.466 e. The van der Waals surface area contributed by atoms with Crippen molar-refractivity contribution in [3.05, 3.63) is 66.4 Å². The van der Waals surface area contributed by atoms with Crippen molar-refractivity contribution in [2.45, 2.75) is 44.8 Å². The normalized spacial score (nSPS) is 17.9. The summed E-state index contributed by atoms with van der Waals surface area (Å²) in [6.07, 6.45) is 0.713. The van der Waals surface area contributed by atoms with E-state index in [9.17, 15) is 22.8 Å². The highest BCUT2D eigenvalue weighted by Gasteiger charge is 2.30. The van der Waals surface area contributed by atoms with Crippen LogP contribution in [0.1, 0.15) is 44.2 Å². The molecule has 0 aliphatic heterocycles. The van der Waals surface area contributed by atoms with E-state index < -0.39 is 17.8 Å². The number of nitrogens with one attached hydrogen (secondary N) is 2. The Morgan fingerprint density at radius 2 is 1.69 bits per heavy atom. The average molecular weight is 501 g/mol. The van der Waals surface area contributed by atoms with Gasteiger partial charge < -0.3 is 15.4 Å². The zero-order chi connectivity index (χ0) is 25.7. The number of urea groups is 1. The zero-order valence-electron chi connectivity index (χ0n) is 19.7. The Kier molecular flexibility index (Phi) is 7.61. The summed E-state index contributed by atoms with van der Waals surface area (Å²) in [5, 5.41) is 9.72. The molecule has 0 spiro atoms. The van der Waals surface area contributed by atoms with Crippen molar-refractivity contribution < 1.29 is 27.5 Å². The van der Waals surface area contributed by atoms with E-state index >= 15 is 0 Å². The summed E-state index contributed by atoms with van der Waals surface area (Å²) < 4.78 is 45.6. The molecule has 1 fully saturated rings. The van der Waals surface area contributed by atoms with Crippen LogP contribution in [-0.4, -0.2) is 28.4 Å². The first kappa shape index (κ1) is 25.3. The number of rotatable bonds is 6. The Morgan fingerprint density at radius 1 is 1.00 bits per heavy atom. The maximum absolute atomic E-state index is 12.9. The molecule has 0 unspecified atom stereocenters. The predicted molar refractivity (Wildman–Crippen MR) is 129 cm³/mol. The summed E-state index contributed by atoms with van der Waals surface area (Å²) in [6.45, 7) is 2.21. The van der Waals surface area contributed by atoms with Gasteiger partial charge in [-0.2, -0.15) is 18.3 Å². The largest absolute Gasteiger partial charge is 0.466 e. The second kappa shape index (κ2) is 10.8. The molecule has 1 aliphatic carbocycles. The Hall–Kier alpha value is -3.82. The lowest BCUT2D eigenvalue weighted by atomic mass is 9.86. The summed E-state index contributed by atoms with van der Waals surface area (Å²) in [6, 6.07) is 13.0. The van der Waals surface area contributed by atoms with Crippen LogP contribution in [0.5, 0.6) is 0 Å². The molecular formula is C26H27F3N4O3. The Balaban J connectivity index is 1.32. The van der Waals surface area contributed by atoms with Crippen LogP contribution in [0.2, 0.25) is 0 Å². The van der Waals surface area contributed by atoms with E-state index in [-0.39, 0.29) is 23.6 Å². The number of halogens is 3. The van der Waals surface area contributed by atoms with Crippen LogP contribution in [0.3, 0.4) is 0 Å². The smallest absolute Gasteiger partial charge is 0.416 e. The van der Waals surface area contributed by atoms with Crippen LogP contribution in [-0.2, 0) is 15.7 Å². The Bertz CT molecular complexity index is 1200. The molecule has 0 atom stereocenters. The van der Waals surface area contributed by atoms with E-state index in [0.717, 1.165) is 49.1 Å². The molecule has 1 saturated carbocycles. The highest BCUT2D eigenvalue weighted by molar-refractivity contribution is 5.99. The molecule has 190 valence electrons. The second-order valence-corrected chi connectivity index (χ2v) is 8.67. The Morgan fingerprint density at radius 3 is 2.36 bits per heavy atom. The molecular weight excluding hydrogens is 473 g/mol. The van der Waals surface area contributed by atoms with Gasteiger partial charge >= 0.3 is 18.2 Å². The van der Waals surface area contributed by atoms with Gasteiger partial charge in [0.2, 0.25) is 0 Å². The molecule has 2 amide bonds. The van der Waals surface area contributed by atoms with Gasteiger partial charge in [-0.1, -0.05) is 18.2 Å². The highest BCUT2D eigenvalue weighted by atomic mass is 19.4. The minimum absolute atomic E-state index is 0.0398. The molecule has 0 bridgehead atoms. The highest BCUT2D eigenvalue weighted by Crippen LogP contribution is 2.33. The van der Waals surface area contributed by atoms with E-state index in [1.807, 2.05) is 36.0 Å². The Labute approximate surface area is 206 Å². The van der Waals surface area contributed by atoms with Gasteiger partial charge in [0.05, 0.1) is 29.8 Å². The third-order valence-electron chi connectivity index (χ3n) is 6.19. The maximum atomic E-state index is 12.9. The number of hydrogen-bond donors (Lipinski definition) is 2. The lowest BCUT2D eigenvalue weighted by Crippen LogP contribution is -2.25. The van der Waals surface area contributed by atoms with Gasteiger partial charge in [0.1, 0.15) is 0 Å². The van der Waals surface area contributed by atoms with Crippen LogP contribution in [0.4, 0.5) is 29.3 Å². The summed E-state index contributed by atoms with van der Waals surface area (Å²) in [5.74, 6) is -0.156. The first-order chi connectivity index (χ1) is 17.2. The number of amides is 2. The number of ether oxygens (including phenoxy) is 1. The van der Waals surface area contributed by atoms with Gasteiger partial charge in [0.15, 0.2) is 0 Å². The number of aromatic nitrogens is 2. The van der Waals surface area contributed by atoms with Crippen molar-refractivity contribution in [3.63, 3.8) is 0 Å². The van der Waals surface area contributed by atoms with Gasteiger partial charge in [0.25, 0.3) is 0 Å². The first-order valence-corrected chi connectivity index (χ1v) is 11.8. The van der Waals surface area contributed by atoms with Gasteiger partial charge in [-0.3, -0.25) is 9.48 Å². The molecule has 0 radical (unpaired) electrons. The van der Waals surface area contributed by atoms with Gasteiger partial charge in [0, 0.05) is 23.1 Å². The minimum atomic E-state index is -4.49. The van der Waals surface area contributed by atoms with Crippen molar-refractivity contribution in [3.8, 4) is 11.3 Å². The summed E-state index contributed by atoms with van der Waals surface area (Å²) >= 11 is 0. The number of carbonyl (C=O) groups excluding carboxylic acids is 2. The lowest BCUT2D eigenvalue weighted by molar-refractivity contribution is -0.149. The first-order valence-electron chi connectivity index (χ1n) is 11.8. The van der Waals surface area contributed by atoms with E-state index in [2.05, 4.69) is 10.6 Å². The van der Waals surface area contributed by atoms with Crippen LogP contribution in [0.25, 0.3) is 11.3 Å². The van der Waals surface area contributed by atoms with Crippen LogP contribution >= 0.6 is 0 Å². The number of nitrogens with zero attached hydrogens (tertiary/aromatic N) is 2. The molecule has 4 rings (SSSR count). The fraction of sp³-hybridized carbons (Fsp3) is 0.346. The quantitative estimate of drug-likeness (QED) is 0.378. The van der Waals surface area contributed by atoms with Gasteiger partial charge in [-0.25, -0.2) is 4.79 Å². The number of carbonyl (C=O) groups is 2. The second-order valence-electron chi connectivity index (χ2n) is 8.67. The topological polar surface area (TPSA) is 85.2 Å². The zero-order valence-corrected chi connectivity index (χ0v) is 19.7. The fourth-order valence-corrected chi connectivity index (χ4v) is 4.32. The molecule has 2 N–H and O–H groups in total. The van der Waals surface area contributed by atoms with Gasteiger partial charge in [-0.05, 0) is 69.0 Å². The molecule has 2 aromatic carbocycles.